The summed E-state index contributed by atoms with van der Waals surface area (Å²) >= 11 is 0. The van der Waals surface area contributed by atoms with E-state index >= 15 is 0 Å². The molecule has 0 saturated heterocycles. The van der Waals surface area contributed by atoms with E-state index in [4.69, 9.17) is 13.9 Å². The van der Waals surface area contributed by atoms with Crippen LogP contribution in [0, 0.1) is 0 Å². The molecular weight excluding hydrogens is 408 g/mol. The van der Waals surface area contributed by atoms with Gasteiger partial charge in [-0.15, -0.1) is 0 Å². The van der Waals surface area contributed by atoms with Crippen molar-refractivity contribution in [2.75, 3.05) is 24.4 Å². The lowest BCUT2D eigenvalue weighted by Crippen LogP contribution is -2.17. The van der Waals surface area contributed by atoms with Crippen molar-refractivity contribution < 1.29 is 23.5 Å². The van der Waals surface area contributed by atoms with Crippen molar-refractivity contribution in [3.05, 3.63) is 90.2 Å². The molecule has 0 aliphatic heterocycles. The van der Waals surface area contributed by atoms with E-state index in [2.05, 4.69) is 10.6 Å². The molecule has 4 rings (SSSR count). The maximum Gasteiger partial charge on any atom is 0.291 e. The van der Waals surface area contributed by atoms with Crippen molar-refractivity contribution in [3.8, 4) is 5.75 Å². The van der Waals surface area contributed by atoms with E-state index < -0.39 is 0 Å². The van der Waals surface area contributed by atoms with Crippen LogP contribution in [0.5, 0.6) is 5.75 Å². The number of para-hydroxylation sites is 2. The third kappa shape index (κ3) is 4.96. The van der Waals surface area contributed by atoms with Gasteiger partial charge in [0.25, 0.3) is 5.91 Å². The Morgan fingerprint density at radius 3 is 2.22 bits per heavy atom. The third-order valence-corrected chi connectivity index (χ3v) is 4.73. The van der Waals surface area contributed by atoms with Crippen LogP contribution in [0.1, 0.15) is 16.1 Å². The highest BCUT2D eigenvalue weighted by Gasteiger charge is 2.21. The molecule has 0 atom stereocenters. The Kier molecular flexibility index (Phi) is 6.48. The van der Waals surface area contributed by atoms with E-state index in [-0.39, 0.29) is 30.8 Å². The van der Waals surface area contributed by atoms with Gasteiger partial charge in [0.05, 0.1) is 0 Å². The number of carbonyl (C=O) groups excluding carboxylic acids is 2. The van der Waals surface area contributed by atoms with Gasteiger partial charge in [-0.3, -0.25) is 9.59 Å². The van der Waals surface area contributed by atoms with Gasteiger partial charge in [-0.05, 0) is 42.5 Å². The lowest BCUT2D eigenvalue weighted by Gasteiger charge is -2.09. The largest absolute Gasteiger partial charge is 0.489 e. The van der Waals surface area contributed by atoms with Crippen molar-refractivity contribution in [3.63, 3.8) is 0 Å². The molecule has 7 heteroatoms. The van der Waals surface area contributed by atoms with Gasteiger partial charge < -0.3 is 24.5 Å². The second-order valence-corrected chi connectivity index (χ2v) is 7.02. The predicted octanol–water partition coefficient (Wildman–Crippen LogP) is 4.85. The molecule has 3 aromatic carbocycles. The smallest absolute Gasteiger partial charge is 0.291 e. The zero-order valence-corrected chi connectivity index (χ0v) is 17.5. The van der Waals surface area contributed by atoms with Gasteiger partial charge in [-0.25, -0.2) is 0 Å². The molecule has 7 nitrogen and oxygen atoms in total. The number of nitrogens with one attached hydrogen (secondary N) is 2. The summed E-state index contributed by atoms with van der Waals surface area (Å²) in [6.45, 7) is 0.159. The maximum atomic E-state index is 13.0. The lowest BCUT2D eigenvalue weighted by atomic mass is 10.1. The minimum absolute atomic E-state index is 0.0294. The highest BCUT2D eigenvalue weighted by atomic mass is 16.5. The minimum atomic E-state index is -0.385. The van der Waals surface area contributed by atoms with Crippen LogP contribution >= 0.6 is 0 Å². The molecule has 1 heterocycles. The van der Waals surface area contributed by atoms with Crippen molar-refractivity contribution in [2.45, 2.75) is 6.61 Å². The normalized spacial score (nSPS) is 10.7. The molecule has 1 aromatic heterocycles. The number of benzene rings is 3. The molecule has 0 bridgehead atoms. The Balaban J connectivity index is 1.52. The molecule has 162 valence electrons. The summed E-state index contributed by atoms with van der Waals surface area (Å²) in [5.74, 6) is 0.258. The number of fused-ring (bicyclic) bond motifs is 1. The van der Waals surface area contributed by atoms with E-state index in [0.29, 0.717) is 28.3 Å². The first-order valence-corrected chi connectivity index (χ1v) is 10.0. The summed E-state index contributed by atoms with van der Waals surface area (Å²) in [5.41, 5.74) is 2.45. The van der Waals surface area contributed by atoms with Gasteiger partial charge >= 0.3 is 0 Å². The summed E-state index contributed by atoms with van der Waals surface area (Å²) in [4.78, 5) is 24.6. The fraction of sp³-hybridized carbons (Fsp3) is 0.120. The second-order valence-electron chi connectivity index (χ2n) is 7.02. The van der Waals surface area contributed by atoms with Crippen LogP contribution in [-0.2, 0) is 16.1 Å². The van der Waals surface area contributed by atoms with Crippen LogP contribution in [0.15, 0.2) is 83.3 Å². The zero-order valence-electron chi connectivity index (χ0n) is 17.5. The van der Waals surface area contributed by atoms with Gasteiger partial charge in [0.15, 0.2) is 5.76 Å². The molecule has 0 fully saturated rings. The maximum absolute atomic E-state index is 13.0. The molecule has 0 aliphatic carbocycles. The monoisotopic (exact) mass is 430 g/mol. The van der Waals surface area contributed by atoms with Gasteiger partial charge in [0, 0.05) is 29.4 Å². The topological polar surface area (TPSA) is 89.8 Å². The summed E-state index contributed by atoms with van der Waals surface area (Å²) in [7, 11) is 1.45. The number of hydrogen-bond donors (Lipinski definition) is 2. The van der Waals surface area contributed by atoms with E-state index in [1.165, 1.54) is 7.11 Å². The fourth-order valence-electron chi connectivity index (χ4n) is 3.25. The second kappa shape index (κ2) is 9.80. The number of anilines is 2. The van der Waals surface area contributed by atoms with E-state index in [0.717, 1.165) is 5.39 Å². The number of furan rings is 1. The van der Waals surface area contributed by atoms with Gasteiger partial charge in [0.2, 0.25) is 5.91 Å². The molecule has 0 saturated carbocycles. The molecule has 0 radical (unpaired) electrons. The van der Waals surface area contributed by atoms with Gasteiger partial charge in [-0.2, -0.15) is 0 Å². The van der Waals surface area contributed by atoms with E-state index in [1.807, 2.05) is 54.6 Å². The number of methoxy groups -OCH3 is 1. The summed E-state index contributed by atoms with van der Waals surface area (Å²) in [6.07, 6.45) is 0. The molecule has 2 amide bonds. The van der Waals surface area contributed by atoms with E-state index in [1.54, 1.807) is 24.3 Å². The highest BCUT2D eigenvalue weighted by molar-refractivity contribution is 6.06. The molecular formula is C25H22N2O5. The number of rotatable bonds is 8. The first kappa shape index (κ1) is 21.1. The van der Waals surface area contributed by atoms with Crippen LogP contribution < -0.4 is 15.4 Å². The van der Waals surface area contributed by atoms with Crippen LogP contribution in [0.4, 0.5) is 11.4 Å². The predicted molar refractivity (Wildman–Crippen MR) is 122 cm³/mol. The Bertz CT molecular complexity index is 1220. The average molecular weight is 430 g/mol. The highest BCUT2D eigenvalue weighted by Crippen LogP contribution is 2.28. The molecule has 32 heavy (non-hydrogen) atoms. The van der Waals surface area contributed by atoms with Gasteiger partial charge in [-0.1, -0.05) is 36.4 Å². The first-order valence-electron chi connectivity index (χ1n) is 10.0. The van der Waals surface area contributed by atoms with Crippen molar-refractivity contribution in [1.29, 1.82) is 0 Å². The number of carbonyl (C=O) groups is 2. The molecule has 4 aromatic rings. The van der Waals surface area contributed by atoms with Crippen LogP contribution in [0.25, 0.3) is 11.0 Å². The Morgan fingerprint density at radius 1 is 0.844 bits per heavy atom. The van der Waals surface area contributed by atoms with Crippen LogP contribution in [0.3, 0.4) is 0 Å². The Hall–Kier alpha value is -4.10. The fourth-order valence-corrected chi connectivity index (χ4v) is 3.25. The SMILES string of the molecule is COCC(=O)Nc1ccc(NC(=O)c2oc3ccccc3c2COc2ccccc2)cc1. The van der Waals surface area contributed by atoms with Crippen molar-refractivity contribution >= 4 is 34.2 Å². The molecule has 0 unspecified atom stereocenters. The Labute approximate surface area is 184 Å². The van der Waals surface area contributed by atoms with Crippen molar-refractivity contribution in [1.82, 2.24) is 0 Å². The third-order valence-electron chi connectivity index (χ3n) is 4.73. The summed E-state index contributed by atoms with van der Waals surface area (Å²) in [6, 6.07) is 23.6. The standard InChI is InChI=1S/C25H22N2O5/c1-30-16-23(28)26-17-11-13-18(14-12-17)27-25(29)24-21(15-31-19-7-3-2-4-8-19)20-9-5-6-10-22(20)32-24/h2-14H,15-16H2,1H3,(H,26,28)(H,27,29). The lowest BCUT2D eigenvalue weighted by molar-refractivity contribution is -0.119. The Morgan fingerprint density at radius 2 is 1.50 bits per heavy atom. The van der Waals surface area contributed by atoms with Crippen LogP contribution in [-0.4, -0.2) is 25.5 Å². The molecule has 2 N–H and O–H groups in total. The summed E-state index contributed by atoms with van der Waals surface area (Å²) in [5, 5.41) is 6.36. The van der Waals surface area contributed by atoms with E-state index in [9.17, 15) is 9.59 Å². The quantitative estimate of drug-likeness (QED) is 0.417. The first-order chi connectivity index (χ1) is 15.6. The number of amides is 2. The molecule has 0 spiro atoms. The van der Waals surface area contributed by atoms with Crippen molar-refractivity contribution in [2.24, 2.45) is 0 Å². The average Bonchev–Trinajstić information content (AvgIpc) is 3.19. The van der Waals surface area contributed by atoms with Gasteiger partial charge in [0.1, 0.15) is 24.5 Å². The van der Waals surface area contributed by atoms with Crippen LogP contribution in [0.2, 0.25) is 0 Å². The zero-order chi connectivity index (χ0) is 22.3. The minimum Gasteiger partial charge on any atom is -0.489 e. The summed E-state index contributed by atoms with van der Waals surface area (Å²) < 4.78 is 16.5. The molecule has 0 aliphatic rings. The number of hydrogen-bond acceptors (Lipinski definition) is 5. The number of ether oxygens (including phenoxy) is 2.